The van der Waals surface area contributed by atoms with E-state index in [9.17, 15) is 5.26 Å². The molecule has 19 heavy (non-hydrogen) atoms. The SMILES string of the molecule is CCC1CCCC(C#N)(Cc2cc(C)ccc2C)C1. The number of aryl methyl sites for hydroxylation is 2. The van der Waals surface area contributed by atoms with Crippen LogP contribution in [0.4, 0.5) is 0 Å². The fourth-order valence-electron chi connectivity index (χ4n) is 3.49. The zero-order valence-corrected chi connectivity index (χ0v) is 12.5. The van der Waals surface area contributed by atoms with E-state index in [0.717, 1.165) is 25.2 Å². The summed E-state index contributed by atoms with van der Waals surface area (Å²) in [5.74, 6) is 0.749. The Morgan fingerprint density at radius 1 is 1.37 bits per heavy atom. The van der Waals surface area contributed by atoms with Crippen LogP contribution < -0.4 is 0 Å². The van der Waals surface area contributed by atoms with Gasteiger partial charge in [-0.3, -0.25) is 0 Å². The number of nitriles is 1. The molecule has 0 radical (unpaired) electrons. The van der Waals surface area contributed by atoms with Crippen LogP contribution in [0.25, 0.3) is 0 Å². The first-order valence-corrected chi connectivity index (χ1v) is 7.56. The van der Waals surface area contributed by atoms with Crippen molar-refractivity contribution in [2.75, 3.05) is 0 Å². The fourth-order valence-corrected chi connectivity index (χ4v) is 3.49. The van der Waals surface area contributed by atoms with E-state index in [1.807, 2.05) is 0 Å². The molecule has 1 aromatic carbocycles. The molecule has 102 valence electrons. The van der Waals surface area contributed by atoms with E-state index in [1.165, 1.54) is 36.0 Å². The Bertz CT molecular complexity index is 483. The molecule has 1 heteroatoms. The van der Waals surface area contributed by atoms with Crippen molar-refractivity contribution in [2.24, 2.45) is 11.3 Å². The average molecular weight is 255 g/mol. The molecule has 0 saturated heterocycles. The molecular weight excluding hydrogens is 230 g/mol. The highest BCUT2D eigenvalue weighted by atomic mass is 14.4. The quantitative estimate of drug-likeness (QED) is 0.749. The molecule has 2 atom stereocenters. The van der Waals surface area contributed by atoms with Gasteiger partial charge in [0.25, 0.3) is 0 Å². The van der Waals surface area contributed by atoms with Gasteiger partial charge in [-0.1, -0.05) is 49.9 Å². The van der Waals surface area contributed by atoms with E-state index < -0.39 is 0 Å². The van der Waals surface area contributed by atoms with Gasteiger partial charge in [-0.15, -0.1) is 0 Å². The van der Waals surface area contributed by atoms with E-state index >= 15 is 0 Å². The smallest absolute Gasteiger partial charge is 0.0693 e. The van der Waals surface area contributed by atoms with Crippen LogP contribution in [0.3, 0.4) is 0 Å². The average Bonchev–Trinajstić information content (AvgIpc) is 2.43. The van der Waals surface area contributed by atoms with Crippen LogP contribution >= 0.6 is 0 Å². The van der Waals surface area contributed by atoms with Crippen molar-refractivity contribution in [3.8, 4) is 6.07 Å². The Labute approximate surface area is 117 Å². The van der Waals surface area contributed by atoms with Gasteiger partial charge in [-0.25, -0.2) is 0 Å². The summed E-state index contributed by atoms with van der Waals surface area (Å²) in [6.07, 6.45) is 6.86. The second-order valence-corrected chi connectivity index (χ2v) is 6.37. The fraction of sp³-hybridized carbons (Fsp3) is 0.611. The molecule has 0 spiro atoms. The van der Waals surface area contributed by atoms with Crippen molar-refractivity contribution in [2.45, 2.75) is 59.3 Å². The minimum Gasteiger partial charge on any atom is -0.198 e. The molecule has 1 saturated carbocycles. The highest BCUT2D eigenvalue weighted by molar-refractivity contribution is 5.32. The van der Waals surface area contributed by atoms with Gasteiger partial charge in [-0.2, -0.15) is 5.26 Å². The molecule has 0 amide bonds. The minimum atomic E-state index is -0.114. The number of hydrogen-bond acceptors (Lipinski definition) is 1. The summed E-state index contributed by atoms with van der Waals surface area (Å²) in [6.45, 7) is 6.56. The number of hydrogen-bond donors (Lipinski definition) is 0. The van der Waals surface area contributed by atoms with E-state index in [0.29, 0.717) is 0 Å². The molecule has 1 nitrogen and oxygen atoms in total. The van der Waals surface area contributed by atoms with Crippen molar-refractivity contribution < 1.29 is 0 Å². The van der Waals surface area contributed by atoms with Gasteiger partial charge in [-0.05, 0) is 50.2 Å². The van der Waals surface area contributed by atoms with Crippen molar-refractivity contribution in [3.63, 3.8) is 0 Å². The summed E-state index contributed by atoms with van der Waals surface area (Å²) in [6, 6.07) is 9.30. The van der Waals surface area contributed by atoms with Crippen molar-refractivity contribution in [3.05, 3.63) is 34.9 Å². The van der Waals surface area contributed by atoms with Crippen LogP contribution in [0.15, 0.2) is 18.2 Å². The third-order valence-corrected chi connectivity index (χ3v) is 4.80. The Kier molecular flexibility index (Phi) is 4.30. The van der Waals surface area contributed by atoms with Crippen LogP contribution in [-0.2, 0) is 6.42 Å². The highest BCUT2D eigenvalue weighted by Gasteiger charge is 2.36. The maximum atomic E-state index is 9.73. The largest absolute Gasteiger partial charge is 0.198 e. The van der Waals surface area contributed by atoms with E-state index in [2.05, 4.69) is 45.0 Å². The van der Waals surface area contributed by atoms with E-state index in [-0.39, 0.29) is 5.41 Å². The van der Waals surface area contributed by atoms with Crippen molar-refractivity contribution >= 4 is 0 Å². The Balaban J connectivity index is 2.23. The number of nitrogens with zero attached hydrogens (tertiary/aromatic N) is 1. The lowest BCUT2D eigenvalue weighted by Gasteiger charge is -2.36. The second kappa shape index (κ2) is 5.78. The van der Waals surface area contributed by atoms with Crippen molar-refractivity contribution in [1.82, 2.24) is 0 Å². The normalized spacial score (nSPS) is 26.9. The first-order valence-electron chi connectivity index (χ1n) is 7.56. The van der Waals surface area contributed by atoms with Crippen LogP contribution in [0, 0.1) is 36.5 Å². The van der Waals surface area contributed by atoms with Gasteiger partial charge in [0.05, 0.1) is 11.5 Å². The Morgan fingerprint density at radius 2 is 2.16 bits per heavy atom. The third kappa shape index (κ3) is 3.18. The van der Waals surface area contributed by atoms with Gasteiger partial charge < -0.3 is 0 Å². The monoisotopic (exact) mass is 255 g/mol. The molecule has 0 bridgehead atoms. The molecule has 1 aliphatic rings. The van der Waals surface area contributed by atoms with Crippen LogP contribution in [0.5, 0.6) is 0 Å². The van der Waals surface area contributed by atoms with E-state index in [4.69, 9.17) is 0 Å². The molecular formula is C18H25N. The topological polar surface area (TPSA) is 23.8 Å². The lowest BCUT2D eigenvalue weighted by atomic mass is 9.66. The minimum absolute atomic E-state index is 0.114. The molecule has 1 aliphatic carbocycles. The Hall–Kier alpha value is -1.29. The summed E-state index contributed by atoms with van der Waals surface area (Å²) in [7, 11) is 0. The maximum absolute atomic E-state index is 9.73. The first kappa shape index (κ1) is 14.1. The summed E-state index contributed by atoms with van der Waals surface area (Å²) >= 11 is 0. The van der Waals surface area contributed by atoms with E-state index in [1.54, 1.807) is 0 Å². The highest BCUT2D eigenvalue weighted by Crippen LogP contribution is 2.43. The molecule has 0 aliphatic heterocycles. The lowest BCUT2D eigenvalue weighted by Crippen LogP contribution is -2.29. The molecule has 1 aromatic rings. The maximum Gasteiger partial charge on any atom is 0.0693 e. The molecule has 1 fully saturated rings. The Morgan fingerprint density at radius 3 is 2.84 bits per heavy atom. The zero-order chi connectivity index (χ0) is 13.9. The number of benzene rings is 1. The summed E-state index contributed by atoms with van der Waals surface area (Å²) < 4.78 is 0. The van der Waals surface area contributed by atoms with Gasteiger partial charge in [0.2, 0.25) is 0 Å². The molecule has 2 rings (SSSR count). The molecule has 2 unspecified atom stereocenters. The van der Waals surface area contributed by atoms with Gasteiger partial charge >= 0.3 is 0 Å². The predicted molar refractivity (Wildman–Crippen MR) is 79.9 cm³/mol. The summed E-state index contributed by atoms with van der Waals surface area (Å²) in [5.41, 5.74) is 3.89. The second-order valence-electron chi connectivity index (χ2n) is 6.37. The van der Waals surface area contributed by atoms with Gasteiger partial charge in [0, 0.05) is 0 Å². The first-order chi connectivity index (χ1) is 9.08. The van der Waals surface area contributed by atoms with Crippen LogP contribution in [0.2, 0.25) is 0 Å². The van der Waals surface area contributed by atoms with Gasteiger partial charge in [0.15, 0.2) is 0 Å². The van der Waals surface area contributed by atoms with Crippen LogP contribution in [-0.4, -0.2) is 0 Å². The van der Waals surface area contributed by atoms with Crippen molar-refractivity contribution in [1.29, 1.82) is 5.26 Å². The molecule has 0 N–H and O–H groups in total. The third-order valence-electron chi connectivity index (χ3n) is 4.80. The standard InChI is InChI=1S/C18H25N/c1-4-16-6-5-9-18(11-16,13-19)12-17-10-14(2)7-8-15(17)3/h7-8,10,16H,4-6,9,11-12H2,1-3H3. The lowest BCUT2D eigenvalue weighted by molar-refractivity contribution is 0.194. The zero-order valence-electron chi connectivity index (χ0n) is 12.5. The summed E-state index contributed by atoms with van der Waals surface area (Å²) in [5, 5.41) is 9.73. The number of rotatable bonds is 3. The van der Waals surface area contributed by atoms with Crippen LogP contribution in [0.1, 0.15) is 55.7 Å². The van der Waals surface area contributed by atoms with Gasteiger partial charge in [0.1, 0.15) is 0 Å². The molecule has 0 aromatic heterocycles. The molecule has 0 heterocycles. The predicted octanol–water partition coefficient (Wildman–Crippen LogP) is 4.96. The summed E-state index contributed by atoms with van der Waals surface area (Å²) in [4.78, 5) is 0.